The van der Waals surface area contributed by atoms with Crippen molar-refractivity contribution < 1.29 is 14.5 Å². The molecule has 0 saturated heterocycles. The summed E-state index contributed by atoms with van der Waals surface area (Å²) >= 11 is 1.65. The lowest BCUT2D eigenvalue weighted by Crippen LogP contribution is -2.42. The Labute approximate surface area is 225 Å². The normalized spacial score (nSPS) is 18.2. The van der Waals surface area contributed by atoms with Gasteiger partial charge in [-0.3, -0.25) is 19.7 Å². The van der Waals surface area contributed by atoms with Crippen LogP contribution in [0.5, 0.6) is 0 Å². The molecule has 1 aliphatic heterocycles. The lowest BCUT2D eigenvalue weighted by molar-refractivity contribution is -0.384. The largest absolute Gasteiger partial charge is 0.357 e. The molecule has 2 heterocycles. The maximum atomic E-state index is 13.7. The van der Waals surface area contributed by atoms with E-state index in [0.29, 0.717) is 30.5 Å². The molecule has 0 saturated carbocycles. The maximum absolute atomic E-state index is 13.7. The SMILES string of the molecule is CC1(C)CC(=O)C2=C(C1)Nc1ccccc1N(CC(=O)NCCc1cccs1)C2c1cccc([N+](=O)[O-])c1. The number of nitro groups is 1. The molecule has 1 atom stereocenters. The number of nitrogens with zero attached hydrogens (tertiary/aromatic N) is 2. The highest BCUT2D eigenvalue weighted by atomic mass is 32.1. The molecule has 2 N–H and O–H groups in total. The molecule has 0 radical (unpaired) electrons. The number of nitro benzene ring substituents is 1. The van der Waals surface area contributed by atoms with Crippen LogP contribution in [-0.4, -0.2) is 29.7 Å². The monoisotopic (exact) mass is 530 g/mol. The molecule has 9 heteroatoms. The van der Waals surface area contributed by atoms with Crippen LogP contribution >= 0.6 is 11.3 Å². The predicted octanol–water partition coefficient (Wildman–Crippen LogP) is 5.63. The van der Waals surface area contributed by atoms with Crippen LogP contribution in [0.25, 0.3) is 0 Å². The summed E-state index contributed by atoms with van der Waals surface area (Å²) in [6, 6.07) is 17.4. The summed E-state index contributed by atoms with van der Waals surface area (Å²) in [5, 5.41) is 20.2. The van der Waals surface area contributed by atoms with E-state index in [0.717, 1.165) is 23.5 Å². The standard InChI is InChI=1S/C29H30N4O4S/c1-29(2)16-23-27(25(34)17-29)28(19-7-5-8-20(15-19)33(36)37)32(24-11-4-3-10-22(24)31-23)18-26(35)30-13-12-21-9-6-14-38-21/h3-11,14-15,28,31H,12-13,16-18H2,1-2H3,(H,30,35). The van der Waals surface area contributed by atoms with Crippen LogP contribution in [0, 0.1) is 15.5 Å². The number of carbonyl (C=O) groups is 2. The number of carbonyl (C=O) groups excluding carboxylic acids is 2. The maximum Gasteiger partial charge on any atom is 0.269 e. The minimum atomic E-state index is -0.660. The zero-order valence-electron chi connectivity index (χ0n) is 21.4. The summed E-state index contributed by atoms with van der Waals surface area (Å²) in [6.45, 7) is 4.61. The van der Waals surface area contributed by atoms with Crippen LogP contribution in [0.3, 0.4) is 0 Å². The van der Waals surface area contributed by atoms with Gasteiger partial charge in [-0.15, -0.1) is 11.3 Å². The first-order valence-electron chi connectivity index (χ1n) is 12.6. The van der Waals surface area contributed by atoms with Gasteiger partial charge in [-0.25, -0.2) is 0 Å². The number of para-hydroxylation sites is 2. The van der Waals surface area contributed by atoms with Gasteiger partial charge in [-0.1, -0.05) is 44.2 Å². The van der Waals surface area contributed by atoms with Crippen molar-refractivity contribution in [3.05, 3.63) is 97.9 Å². The second kappa shape index (κ2) is 10.4. The summed E-state index contributed by atoms with van der Waals surface area (Å²) in [4.78, 5) is 41.3. The molecular formula is C29H30N4O4S. The molecule has 196 valence electrons. The second-order valence-corrected chi connectivity index (χ2v) is 11.6. The molecule has 0 fully saturated rings. The zero-order chi connectivity index (χ0) is 26.9. The van der Waals surface area contributed by atoms with E-state index in [1.54, 1.807) is 23.5 Å². The van der Waals surface area contributed by atoms with Crippen molar-refractivity contribution in [2.24, 2.45) is 5.41 Å². The average molecular weight is 531 g/mol. The van der Waals surface area contributed by atoms with Crippen LogP contribution in [0.4, 0.5) is 17.1 Å². The summed E-state index contributed by atoms with van der Waals surface area (Å²) in [5.74, 6) is -0.199. The summed E-state index contributed by atoms with van der Waals surface area (Å²) in [7, 11) is 0. The van der Waals surface area contributed by atoms with Gasteiger partial charge < -0.3 is 15.5 Å². The topological polar surface area (TPSA) is 105 Å². The Balaban J connectivity index is 1.58. The number of ketones is 1. The number of anilines is 2. The van der Waals surface area contributed by atoms with E-state index in [-0.39, 0.29) is 29.3 Å². The van der Waals surface area contributed by atoms with Crippen molar-refractivity contribution in [2.45, 2.75) is 39.2 Å². The van der Waals surface area contributed by atoms with Gasteiger partial charge in [-0.05, 0) is 47.4 Å². The first kappa shape index (κ1) is 25.7. The summed E-state index contributed by atoms with van der Waals surface area (Å²) in [5.41, 5.74) is 3.23. The summed E-state index contributed by atoms with van der Waals surface area (Å²) < 4.78 is 0. The van der Waals surface area contributed by atoms with Crippen molar-refractivity contribution in [3.8, 4) is 0 Å². The number of non-ortho nitro benzene ring substituents is 1. The van der Waals surface area contributed by atoms with Crippen molar-refractivity contribution in [3.63, 3.8) is 0 Å². The second-order valence-electron chi connectivity index (χ2n) is 10.5. The molecule has 2 aliphatic rings. The van der Waals surface area contributed by atoms with Crippen LogP contribution in [0.2, 0.25) is 0 Å². The molecular weight excluding hydrogens is 500 g/mol. The van der Waals surface area contributed by atoms with E-state index in [2.05, 4.69) is 24.5 Å². The van der Waals surface area contributed by atoms with Crippen LogP contribution < -0.4 is 15.5 Å². The number of nitrogens with one attached hydrogen (secondary N) is 2. The van der Waals surface area contributed by atoms with Gasteiger partial charge in [0.15, 0.2) is 5.78 Å². The first-order valence-corrected chi connectivity index (χ1v) is 13.5. The van der Waals surface area contributed by atoms with Crippen molar-refractivity contribution in [2.75, 3.05) is 23.3 Å². The highest BCUT2D eigenvalue weighted by Crippen LogP contribution is 2.48. The highest BCUT2D eigenvalue weighted by molar-refractivity contribution is 7.09. The van der Waals surface area contributed by atoms with Crippen LogP contribution in [0.1, 0.15) is 43.2 Å². The van der Waals surface area contributed by atoms with E-state index in [1.807, 2.05) is 46.7 Å². The fourth-order valence-electron chi connectivity index (χ4n) is 5.37. The number of rotatable bonds is 7. The molecule has 0 bridgehead atoms. The number of benzene rings is 2. The number of hydrogen-bond donors (Lipinski definition) is 2. The number of amides is 1. The molecule has 1 amide bonds. The van der Waals surface area contributed by atoms with Gasteiger partial charge in [0.25, 0.3) is 5.69 Å². The third kappa shape index (κ3) is 5.33. The molecule has 5 rings (SSSR count). The van der Waals surface area contributed by atoms with Gasteiger partial charge in [0.1, 0.15) is 0 Å². The number of fused-ring (bicyclic) bond motifs is 1. The Morgan fingerprint density at radius 1 is 1.16 bits per heavy atom. The van der Waals surface area contributed by atoms with Gasteiger partial charge in [0.05, 0.1) is 28.9 Å². The Morgan fingerprint density at radius 2 is 1.97 bits per heavy atom. The van der Waals surface area contributed by atoms with Gasteiger partial charge in [0.2, 0.25) is 5.91 Å². The van der Waals surface area contributed by atoms with Gasteiger partial charge in [0, 0.05) is 41.2 Å². The van der Waals surface area contributed by atoms with E-state index in [4.69, 9.17) is 0 Å². The minimum Gasteiger partial charge on any atom is -0.357 e. The van der Waals surface area contributed by atoms with Gasteiger partial charge >= 0.3 is 0 Å². The fourth-order valence-corrected chi connectivity index (χ4v) is 6.08. The molecule has 8 nitrogen and oxygen atoms in total. The highest BCUT2D eigenvalue weighted by Gasteiger charge is 2.42. The molecule has 1 aliphatic carbocycles. The number of thiophene rings is 1. The molecule has 38 heavy (non-hydrogen) atoms. The van der Waals surface area contributed by atoms with E-state index < -0.39 is 11.0 Å². The minimum absolute atomic E-state index is 0.00997. The molecule has 3 aromatic rings. The molecule has 1 unspecified atom stereocenters. The predicted molar refractivity (Wildman–Crippen MR) is 149 cm³/mol. The van der Waals surface area contributed by atoms with Crippen molar-refractivity contribution in [1.82, 2.24) is 5.32 Å². The number of hydrogen-bond acceptors (Lipinski definition) is 7. The first-order chi connectivity index (χ1) is 18.2. The Morgan fingerprint density at radius 3 is 2.74 bits per heavy atom. The van der Waals surface area contributed by atoms with Crippen molar-refractivity contribution >= 4 is 40.1 Å². The van der Waals surface area contributed by atoms with E-state index in [9.17, 15) is 19.7 Å². The average Bonchev–Trinajstić information content (AvgIpc) is 3.34. The summed E-state index contributed by atoms with van der Waals surface area (Å²) in [6.07, 6.45) is 1.74. The lowest BCUT2D eigenvalue weighted by atomic mass is 9.73. The third-order valence-electron chi connectivity index (χ3n) is 6.99. The van der Waals surface area contributed by atoms with E-state index in [1.165, 1.54) is 17.0 Å². The smallest absolute Gasteiger partial charge is 0.269 e. The van der Waals surface area contributed by atoms with E-state index >= 15 is 0 Å². The number of allylic oxidation sites excluding steroid dienone is 1. The Bertz CT molecular complexity index is 1410. The lowest BCUT2D eigenvalue weighted by Gasteiger charge is -2.37. The zero-order valence-corrected chi connectivity index (χ0v) is 22.2. The van der Waals surface area contributed by atoms with Crippen molar-refractivity contribution in [1.29, 1.82) is 0 Å². The number of Topliss-reactive ketones (excluding diaryl/α,β-unsaturated/α-hetero) is 1. The van der Waals surface area contributed by atoms with Crippen LogP contribution in [0.15, 0.2) is 77.3 Å². The molecule has 0 spiro atoms. The quantitative estimate of drug-likeness (QED) is 0.303. The molecule has 1 aromatic heterocycles. The fraction of sp³-hybridized carbons (Fsp3) is 0.310. The molecule has 2 aromatic carbocycles. The Hall–Kier alpha value is -3.98. The van der Waals surface area contributed by atoms with Gasteiger partial charge in [-0.2, -0.15) is 0 Å². The Kier molecular flexibility index (Phi) is 7.03. The third-order valence-corrected chi connectivity index (χ3v) is 7.92. The van der Waals surface area contributed by atoms with Crippen LogP contribution in [-0.2, 0) is 16.0 Å².